The molecule has 0 radical (unpaired) electrons. The lowest BCUT2D eigenvalue weighted by molar-refractivity contribution is -0.163. The smallest absolute Gasteiger partial charge is 0.332 e. The average molecular weight is 470 g/mol. The molecule has 1 unspecified atom stereocenters. The molecule has 1 aliphatic carbocycles. The number of aromatic amines is 1. The van der Waals surface area contributed by atoms with Gasteiger partial charge in [0.25, 0.3) is 5.56 Å². The summed E-state index contributed by atoms with van der Waals surface area (Å²) >= 11 is 0. The summed E-state index contributed by atoms with van der Waals surface area (Å²) in [4.78, 5) is 38.2. The Kier molecular flexibility index (Phi) is 6.77. The van der Waals surface area contributed by atoms with Gasteiger partial charge in [0.05, 0.1) is 6.61 Å². The van der Waals surface area contributed by atoms with Crippen LogP contribution in [0.3, 0.4) is 0 Å². The van der Waals surface area contributed by atoms with Gasteiger partial charge < -0.3 is 19.2 Å². The number of H-pyrrole nitrogens is 1. The van der Waals surface area contributed by atoms with Crippen LogP contribution in [-0.2, 0) is 22.6 Å². The quantitative estimate of drug-likeness (QED) is 0.480. The summed E-state index contributed by atoms with van der Waals surface area (Å²) in [7, 11) is 0. The van der Waals surface area contributed by atoms with Gasteiger partial charge in [0.15, 0.2) is 11.9 Å². The van der Waals surface area contributed by atoms with E-state index in [9.17, 15) is 9.59 Å². The molecule has 2 fully saturated rings. The molecule has 1 atom stereocenters. The highest BCUT2D eigenvalue weighted by atomic mass is 16.7. The first-order valence-corrected chi connectivity index (χ1v) is 12.2. The summed E-state index contributed by atoms with van der Waals surface area (Å²) in [5.41, 5.74) is 0.636. The van der Waals surface area contributed by atoms with Crippen LogP contribution in [-0.4, -0.2) is 49.7 Å². The molecule has 0 spiro atoms. The summed E-state index contributed by atoms with van der Waals surface area (Å²) < 4.78 is 19.9. The Morgan fingerprint density at radius 2 is 2.03 bits per heavy atom. The van der Waals surface area contributed by atoms with Crippen molar-refractivity contribution in [2.24, 2.45) is 0 Å². The van der Waals surface area contributed by atoms with Gasteiger partial charge in [-0.15, -0.1) is 0 Å². The van der Waals surface area contributed by atoms with E-state index in [0.717, 1.165) is 44.3 Å². The van der Waals surface area contributed by atoms with Gasteiger partial charge in [-0.1, -0.05) is 0 Å². The van der Waals surface area contributed by atoms with Crippen molar-refractivity contribution in [2.75, 3.05) is 13.2 Å². The van der Waals surface area contributed by atoms with Crippen LogP contribution < -0.4 is 16.0 Å². The fourth-order valence-corrected chi connectivity index (χ4v) is 4.32. The van der Waals surface area contributed by atoms with Crippen molar-refractivity contribution in [2.45, 2.75) is 77.4 Å². The van der Waals surface area contributed by atoms with Gasteiger partial charge in [-0.25, -0.2) is 14.8 Å². The Bertz CT molecular complexity index is 1240. The lowest BCUT2D eigenvalue weighted by atomic mass is 9.96. The van der Waals surface area contributed by atoms with E-state index >= 15 is 0 Å². The van der Waals surface area contributed by atoms with Crippen molar-refractivity contribution in [3.8, 4) is 17.3 Å². The van der Waals surface area contributed by atoms with Crippen LogP contribution >= 0.6 is 0 Å². The number of rotatable bonds is 9. The molecule has 1 N–H and O–H groups in total. The second-order valence-electron chi connectivity index (χ2n) is 8.84. The molecule has 0 amide bonds. The molecular weight excluding hydrogens is 438 g/mol. The molecule has 2 aliphatic rings. The second kappa shape index (κ2) is 10.1. The topological polar surface area (TPSA) is 113 Å². The zero-order valence-corrected chi connectivity index (χ0v) is 19.5. The maximum atomic E-state index is 13.2. The molecule has 34 heavy (non-hydrogen) atoms. The Morgan fingerprint density at radius 1 is 1.15 bits per heavy atom. The number of aromatic nitrogens is 5. The van der Waals surface area contributed by atoms with Gasteiger partial charge in [-0.05, 0) is 57.9 Å². The van der Waals surface area contributed by atoms with Crippen LogP contribution in [0.4, 0.5) is 0 Å². The molecule has 3 aromatic heterocycles. The molecule has 0 aromatic carbocycles. The Labute approximate surface area is 196 Å². The standard InChI is InChI=1S/C24H31N5O5/c1-2-28-22-20(23(30)29(24(28)31)12-6-14-33-19-9-3-4-13-32-19)26-21(27-22)16-10-11-18(25-15-16)34-17-7-5-8-17/h10-11,15,17,19H,2-9,12-14H2,1H3,(H,26,27). The molecule has 3 aromatic rings. The van der Waals surface area contributed by atoms with Gasteiger partial charge in [-0.3, -0.25) is 13.9 Å². The zero-order valence-electron chi connectivity index (χ0n) is 19.5. The van der Waals surface area contributed by atoms with Crippen molar-refractivity contribution in [3.63, 3.8) is 0 Å². The average Bonchev–Trinajstić information content (AvgIpc) is 3.28. The number of nitrogens with one attached hydrogen (secondary N) is 1. The van der Waals surface area contributed by atoms with Crippen molar-refractivity contribution < 1.29 is 14.2 Å². The molecule has 5 rings (SSSR count). The third-order valence-electron chi connectivity index (χ3n) is 6.49. The SMILES string of the molecule is CCn1c(=O)n(CCCOC2CCCCO2)c(=O)c2[nH]c(-c3ccc(OC4CCC4)nc3)nc21. The molecule has 0 bridgehead atoms. The Balaban J connectivity index is 1.35. The van der Waals surface area contributed by atoms with Gasteiger partial charge in [-0.2, -0.15) is 0 Å². The van der Waals surface area contributed by atoms with Gasteiger partial charge >= 0.3 is 5.69 Å². The van der Waals surface area contributed by atoms with Gasteiger partial charge in [0, 0.05) is 37.5 Å². The van der Waals surface area contributed by atoms with E-state index in [-0.39, 0.29) is 30.2 Å². The first-order valence-electron chi connectivity index (χ1n) is 12.2. The number of aryl methyl sites for hydroxylation is 1. The first kappa shape index (κ1) is 22.8. The van der Waals surface area contributed by atoms with Crippen molar-refractivity contribution in [1.29, 1.82) is 0 Å². The van der Waals surface area contributed by atoms with E-state index < -0.39 is 0 Å². The van der Waals surface area contributed by atoms with Crippen LogP contribution in [0.1, 0.15) is 51.9 Å². The van der Waals surface area contributed by atoms with E-state index in [2.05, 4.69) is 15.0 Å². The predicted molar refractivity (Wildman–Crippen MR) is 126 cm³/mol. The molecule has 1 saturated heterocycles. The largest absolute Gasteiger partial charge is 0.474 e. The van der Waals surface area contributed by atoms with Gasteiger partial charge in [0.1, 0.15) is 17.4 Å². The number of nitrogens with zero attached hydrogens (tertiary/aromatic N) is 4. The van der Waals surface area contributed by atoms with Crippen molar-refractivity contribution in [1.82, 2.24) is 24.1 Å². The van der Waals surface area contributed by atoms with E-state index in [0.29, 0.717) is 42.4 Å². The third-order valence-corrected chi connectivity index (χ3v) is 6.49. The number of ether oxygens (including phenoxy) is 3. The van der Waals surface area contributed by atoms with E-state index in [1.165, 1.54) is 15.6 Å². The fraction of sp³-hybridized carbons (Fsp3) is 0.583. The number of hydrogen-bond acceptors (Lipinski definition) is 7. The van der Waals surface area contributed by atoms with E-state index in [4.69, 9.17) is 14.2 Å². The third kappa shape index (κ3) is 4.65. The fourth-order valence-electron chi connectivity index (χ4n) is 4.32. The van der Waals surface area contributed by atoms with Crippen molar-refractivity contribution >= 4 is 11.2 Å². The minimum atomic E-state index is -0.379. The second-order valence-corrected chi connectivity index (χ2v) is 8.84. The molecule has 10 heteroatoms. The molecule has 1 saturated carbocycles. The molecule has 182 valence electrons. The highest BCUT2D eigenvalue weighted by molar-refractivity contribution is 5.75. The summed E-state index contributed by atoms with van der Waals surface area (Å²) in [6.07, 6.45) is 8.64. The summed E-state index contributed by atoms with van der Waals surface area (Å²) in [6, 6.07) is 3.67. The summed E-state index contributed by atoms with van der Waals surface area (Å²) in [5.74, 6) is 1.07. The minimum absolute atomic E-state index is 0.186. The molecule has 4 heterocycles. The van der Waals surface area contributed by atoms with Crippen LogP contribution in [0.25, 0.3) is 22.6 Å². The van der Waals surface area contributed by atoms with E-state index in [1.807, 2.05) is 19.1 Å². The molecule has 1 aliphatic heterocycles. The lowest BCUT2D eigenvalue weighted by Crippen LogP contribution is -2.40. The van der Waals surface area contributed by atoms with Crippen LogP contribution in [0, 0.1) is 0 Å². The number of pyridine rings is 1. The van der Waals surface area contributed by atoms with Crippen LogP contribution in [0.2, 0.25) is 0 Å². The molecule has 10 nitrogen and oxygen atoms in total. The summed E-state index contributed by atoms with van der Waals surface area (Å²) in [6.45, 7) is 3.68. The zero-order chi connectivity index (χ0) is 23.5. The monoisotopic (exact) mass is 469 g/mol. The maximum absolute atomic E-state index is 13.2. The summed E-state index contributed by atoms with van der Waals surface area (Å²) in [5, 5.41) is 0. The lowest BCUT2D eigenvalue weighted by Gasteiger charge is -2.25. The highest BCUT2D eigenvalue weighted by Crippen LogP contribution is 2.25. The first-order chi connectivity index (χ1) is 16.6. The van der Waals surface area contributed by atoms with E-state index in [1.54, 1.807) is 6.20 Å². The normalized spacial score (nSPS) is 18.8. The number of fused-ring (bicyclic) bond motifs is 1. The predicted octanol–water partition coefficient (Wildman–Crippen LogP) is 2.83. The van der Waals surface area contributed by atoms with Crippen LogP contribution in [0.15, 0.2) is 27.9 Å². The number of hydrogen-bond donors (Lipinski definition) is 1. The Hall–Kier alpha value is -2.98. The Morgan fingerprint density at radius 3 is 2.71 bits per heavy atom. The maximum Gasteiger partial charge on any atom is 0.332 e. The highest BCUT2D eigenvalue weighted by Gasteiger charge is 2.21. The van der Waals surface area contributed by atoms with Gasteiger partial charge in [0.2, 0.25) is 5.88 Å². The molecular formula is C24H31N5O5. The van der Waals surface area contributed by atoms with Crippen molar-refractivity contribution in [3.05, 3.63) is 39.2 Å². The van der Waals surface area contributed by atoms with Crippen LogP contribution in [0.5, 0.6) is 5.88 Å². The minimum Gasteiger partial charge on any atom is -0.474 e. The number of imidazole rings is 1.